The van der Waals surface area contributed by atoms with Crippen LogP contribution in [0, 0.1) is 0 Å². The van der Waals surface area contributed by atoms with E-state index in [0.29, 0.717) is 36.5 Å². The second-order valence-corrected chi connectivity index (χ2v) is 7.93. The van der Waals surface area contributed by atoms with Crippen LogP contribution in [-0.4, -0.2) is 40.1 Å². The molecule has 0 aliphatic carbocycles. The van der Waals surface area contributed by atoms with Crippen molar-refractivity contribution in [2.24, 2.45) is 5.73 Å². The molecule has 3 heterocycles. The normalized spacial score (nSPS) is 18.4. The number of nitrogens with two attached hydrogens (primary N) is 1. The first kappa shape index (κ1) is 19.6. The number of para-hydroxylation sites is 1. The number of hydrogen-bond donors (Lipinski definition) is 1. The molecular weight excluding hydrogens is 396 g/mol. The number of primary amides is 1. The van der Waals surface area contributed by atoms with Crippen molar-refractivity contribution in [3.05, 3.63) is 64.2 Å². The lowest BCUT2D eigenvalue weighted by molar-refractivity contribution is -0.118. The average molecular weight is 420 g/mol. The van der Waals surface area contributed by atoms with E-state index in [4.69, 9.17) is 20.2 Å². The monoisotopic (exact) mass is 420 g/mol. The van der Waals surface area contributed by atoms with E-state index >= 15 is 0 Å². The van der Waals surface area contributed by atoms with Crippen molar-refractivity contribution in [3.63, 3.8) is 0 Å². The zero-order valence-electron chi connectivity index (χ0n) is 17.1. The molecule has 0 unspecified atom stereocenters. The van der Waals surface area contributed by atoms with E-state index in [9.17, 15) is 9.59 Å². The predicted octanol–water partition coefficient (Wildman–Crippen LogP) is 1.99. The van der Waals surface area contributed by atoms with Crippen LogP contribution in [-0.2, 0) is 17.9 Å². The lowest BCUT2D eigenvalue weighted by atomic mass is 10.0. The first-order chi connectivity index (χ1) is 15.1. The molecule has 8 heteroatoms. The molecule has 160 valence electrons. The van der Waals surface area contributed by atoms with Gasteiger partial charge in [0.2, 0.25) is 5.91 Å². The molecule has 1 amide bonds. The number of fused-ring (bicyclic) bond motifs is 2. The summed E-state index contributed by atoms with van der Waals surface area (Å²) in [5.41, 5.74) is 6.96. The van der Waals surface area contributed by atoms with Gasteiger partial charge in [0.15, 0.2) is 11.5 Å². The first-order valence-electron chi connectivity index (χ1n) is 10.5. The van der Waals surface area contributed by atoms with Crippen LogP contribution in [0.4, 0.5) is 0 Å². The lowest BCUT2D eigenvalue weighted by Gasteiger charge is -2.27. The second kappa shape index (κ2) is 8.03. The Hall–Kier alpha value is -3.39. The molecule has 2 N–H and O–H groups in total. The summed E-state index contributed by atoms with van der Waals surface area (Å²) in [6, 6.07) is 13.4. The third-order valence-electron chi connectivity index (χ3n) is 5.91. The molecule has 1 atom stereocenters. The fourth-order valence-electron chi connectivity index (χ4n) is 4.50. The van der Waals surface area contributed by atoms with Gasteiger partial charge in [-0.3, -0.25) is 19.1 Å². The van der Waals surface area contributed by atoms with E-state index in [1.54, 1.807) is 12.1 Å². The topological polar surface area (TPSA) is 99.7 Å². The fraction of sp³-hybridized carbons (Fsp3) is 0.348. The SMILES string of the molecule is NC(=O)Cn1c(CN2CCC[C@@H]2c2ccc3c(c2)OCCO3)nc2ccccc2c1=O. The van der Waals surface area contributed by atoms with Gasteiger partial charge in [-0.2, -0.15) is 0 Å². The summed E-state index contributed by atoms with van der Waals surface area (Å²) < 4.78 is 12.8. The van der Waals surface area contributed by atoms with E-state index in [-0.39, 0.29) is 18.1 Å². The Morgan fingerprint density at radius 2 is 1.94 bits per heavy atom. The number of rotatable bonds is 5. The zero-order valence-corrected chi connectivity index (χ0v) is 17.1. The molecule has 3 aromatic rings. The Morgan fingerprint density at radius 3 is 2.77 bits per heavy atom. The molecule has 8 nitrogen and oxygen atoms in total. The highest BCUT2D eigenvalue weighted by Gasteiger charge is 2.29. The van der Waals surface area contributed by atoms with Crippen molar-refractivity contribution in [2.45, 2.75) is 32.0 Å². The predicted molar refractivity (Wildman–Crippen MR) is 115 cm³/mol. The van der Waals surface area contributed by atoms with Gasteiger partial charge in [0.25, 0.3) is 5.56 Å². The lowest BCUT2D eigenvalue weighted by Crippen LogP contribution is -2.34. The van der Waals surface area contributed by atoms with Crippen LogP contribution in [0.1, 0.15) is 30.3 Å². The highest BCUT2D eigenvalue weighted by atomic mass is 16.6. The third-order valence-corrected chi connectivity index (χ3v) is 5.91. The summed E-state index contributed by atoms with van der Waals surface area (Å²) in [6.45, 7) is 2.25. The minimum absolute atomic E-state index is 0.168. The number of ether oxygens (including phenoxy) is 2. The molecule has 1 aromatic heterocycles. The Balaban J connectivity index is 1.50. The van der Waals surface area contributed by atoms with Gasteiger partial charge < -0.3 is 15.2 Å². The number of hydrogen-bond acceptors (Lipinski definition) is 6. The van der Waals surface area contributed by atoms with Crippen LogP contribution in [0.5, 0.6) is 11.5 Å². The van der Waals surface area contributed by atoms with Gasteiger partial charge >= 0.3 is 0 Å². The quantitative estimate of drug-likeness (QED) is 0.678. The van der Waals surface area contributed by atoms with Crippen LogP contribution < -0.4 is 20.8 Å². The summed E-state index contributed by atoms with van der Waals surface area (Å²) in [5, 5.41) is 0.484. The van der Waals surface area contributed by atoms with Gasteiger partial charge in [0.05, 0.1) is 17.4 Å². The number of carbonyl (C=O) groups is 1. The van der Waals surface area contributed by atoms with Crippen molar-refractivity contribution in [1.29, 1.82) is 0 Å². The molecule has 0 saturated carbocycles. The van der Waals surface area contributed by atoms with Gasteiger partial charge in [-0.25, -0.2) is 4.98 Å². The van der Waals surface area contributed by atoms with Gasteiger partial charge in [-0.05, 0) is 49.2 Å². The summed E-state index contributed by atoms with van der Waals surface area (Å²) in [5.74, 6) is 1.52. The Kier molecular flexibility index (Phi) is 5.07. The van der Waals surface area contributed by atoms with E-state index in [1.165, 1.54) is 4.57 Å². The van der Waals surface area contributed by atoms with Crippen LogP contribution in [0.3, 0.4) is 0 Å². The zero-order chi connectivity index (χ0) is 21.4. The average Bonchev–Trinajstić information content (AvgIpc) is 3.24. The largest absolute Gasteiger partial charge is 0.486 e. The molecule has 1 saturated heterocycles. The van der Waals surface area contributed by atoms with Crippen LogP contribution in [0.15, 0.2) is 47.3 Å². The molecular formula is C23H24N4O4. The van der Waals surface area contributed by atoms with E-state index in [0.717, 1.165) is 36.4 Å². The van der Waals surface area contributed by atoms with Crippen LogP contribution >= 0.6 is 0 Å². The molecule has 1 fully saturated rings. The smallest absolute Gasteiger partial charge is 0.261 e. The Morgan fingerprint density at radius 1 is 1.13 bits per heavy atom. The van der Waals surface area contributed by atoms with Crippen molar-refractivity contribution in [3.8, 4) is 11.5 Å². The van der Waals surface area contributed by atoms with Crippen molar-refractivity contribution in [1.82, 2.24) is 14.5 Å². The number of amides is 1. The maximum absolute atomic E-state index is 13.0. The van der Waals surface area contributed by atoms with Crippen LogP contribution in [0.2, 0.25) is 0 Å². The second-order valence-electron chi connectivity index (χ2n) is 7.93. The van der Waals surface area contributed by atoms with Crippen molar-refractivity contribution < 1.29 is 14.3 Å². The molecule has 0 spiro atoms. The van der Waals surface area contributed by atoms with E-state index < -0.39 is 5.91 Å². The van der Waals surface area contributed by atoms with Crippen molar-refractivity contribution in [2.75, 3.05) is 19.8 Å². The molecule has 2 aromatic carbocycles. The number of aromatic nitrogens is 2. The van der Waals surface area contributed by atoms with Crippen LogP contribution in [0.25, 0.3) is 10.9 Å². The number of nitrogens with zero attached hydrogens (tertiary/aromatic N) is 3. The van der Waals surface area contributed by atoms with E-state index in [1.807, 2.05) is 24.3 Å². The van der Waals surface area contributed by atoms with Gasteiger partial charge in [0, 0.05) is 6.04 Å². The molecule has 5 rings (SSSR count). The first-order valence-corrected chi connectivity index (χ1v) is 10.5. The van der Waals surface area contributed by atoms with Gasteiger partial charge in [-0.15, -0.1) is 0 Å². The fourth-order valence-corrected chi connectivity index (χ4v) is 4.50. The maximum Gasteiger partial charge on any atom is 0.261 e. The number of likely N-dealkylation sites (tertiary alicyclic amines) is 1. The number of carbonyl (C=O) groups excluding carboxylic acids is 1. The molecule has 2 aliphatic heterocycles. The highest BCUT2D eigenvalue weighted by Crippen LogP contribution is 2.38. The minimum Gasteiger partial charge on any atom is -0.486 e. The highest BCUT2D eigenvalue weighted by molar-refractivity contribution is 5.78. The summed E-state index contributed by atoms with van der Waals surface area (Å²) >= 11 is 0. The maximum atomic E-state index is 13.0. The van der Waals surface area contributed by atoms with Gasteiger partial charge in [-0.1, -0.05) is 18.2 Å². The van der Waals surface area contributed by atoms with Crippen molar-refractivity contribution >= 4 is 16.8 Å². The minimum atomic E-state index is -0.565. The summed E-state index contributed by atoms with van der Waals surface area (Å²) in [4.78, 5) is 31.7. The molecule has 31 heavy (non-hydrogen) atoms. The molecule has 2 aliphatic rings. The summed E-state index contributed by atoms with van der Waals surface area (Å²) in [7, 11) is 0. The summed E-state index contributed by atoms with van der Waals surface area (Å²) in [6.07, 6.45) is 2.03. The Bertz CT molecular complexity index is 1210. The Labute approximate surface area is 179 Å². The van der Waals surface area contributed by atoms with E-state index in [2.05, 4.69) is 11.0 Å². The molecule has 0 radical (unpaired) electrons. The standard InChI is InChI=1S/C23H24N4O4/c24-21(28)13-27-22(25-17-5-2-1-4-16(17)23(27)29)14-26-9-3-6-18(26)15-7-8-19-20(12-15)31-11-10-30-19/h1-2,4-5,7-8,12,18H,3,6,9-11,13-14H2,(H2,24,28)/t18-/m1/s1. The third kappa shape index (κ3) is 3.74. The van der Waals surface area contributed by atoms with Gasteiger partial charge in [0.1, 0.15) is 25.6 Å². The molecule has 0 bridgehead atoms. The number of benzene rings is 2.